The van der Waals surface area contributed by atoms with Crippen molar-refractivity contribution >= 4 is 5.91 Å². The fraction of sp³-hybridized carbons (Fsp3) is 0.471. The fourth-order valence-electron chi connectivity index (χ4n) is 3.56. The van der Waals surface area contributed by atoms with Gasteiger partial charge in [0.1, 0.15) is 11.9 Å². The van der Waals surface area contributed by atoms with Crippen LogP contribution in [0, 0.1) is 12.8 Å². The Morgan fingerprint density at radius 3 is 3.00 bits per heavy atom. The van der Waals surface area contributed by atoms with Gasteiger partial charge in [0, 0.05) is 19.3 Å². The van der Waals surface area contributed by atoms with Crippen LogP contribution in [0.4, 0.5) is 0 Å². The second-order valence-electron chi connectivity index (χ2n) is 6.36. The topological polar surface area (TPSA) is 81.1 Å². The monoisotopic (exact) mass is 325 g/mol. The Morgan fingerprint density at radius 1 is 1.29 bits per heavy atom. The molecule has 124 valence electrons. The van der Waals surface area contributed by atoms with Gasteiger partial charge in [0.2, 0.25) is 0 Å². The summed E-state index contributed by atoms with van der Waals surface area (Å²) < 4.78 is 6.21. The molecule has 2 aliphatic rings. The lowest BCUT2D eigenvalue weighted by Gasteiger charge is -2.34. The maximum atomic E-state index is 12.6. The highest BCUT2D eigenvalue weighted by molar-refractivity contribution is 5.93. The first kappa shape index (κ1) is 15.1. The average molecular weight is 325 g/mol. The lowest BCUT2D eigenvalue weighted by molar-refractivity contribution is -0.00570. The van der Waals surface area contributed by atoms with Gasteiger partial charge in [-0.2, -0.15) is 10.2 Å². The summed E-state index contributed by atoms with van der Waals surface area (Å²) in [7, 11) is 0. The second-order valence-corrected chi connectivity index (χ2v) is 6.36. The van der Waals surface area contributed by atoms with E-state index < -0.39 is 0 Å². The molecular weight excluding hydrogens is 306 g/mol. The molecule has 3 atom stereocenters. The van der Waals surface area contributed by atoms with E-state index in [2.05, 4.69) is 20.2 Å². The van der Waals surface area contributed by atoms with E-state index in [0.717, 1.165) is 30.9 Å². The van der Waals surface area contributed by atoms with Gasteiger partial charge in [0.25, 0.3) is 5.91 Å². The van der Waals surface area contributed by atoms with Crippen molar-refractivity contribution in [2.24, 2.45) is 5.92 Å². The minimum atomic E-state index is -0.00622. The highest BCUT2D eigenvalue weighted by Crippen LogP contribution is 2.40. The summed E-state index contributed by atoms with van der Waals surface area (Å²) in [6, 6.07) is 3.62. The number of ether oxygens (including phenoxy) is 1. The van der Waals surface area contributed by atoms with Gasteiger partial charge < -0.3 is 9.64 Å². The van der Waals surface area contributed by atoms with Crippen LogP contribution in [0.1, 0.15) is 40.8 Å². The Labute approximate surface area is 140 Å². The van der Waals surface area contributed by atoms with E-state index >= 15 is 0 Å². The Kier molecular flexibility index (Phi) is 3.93. The maximum absolute atomic E-state index is 12.6. The van der Waals surface area contributed by atoms with Gasteiger partial charge in [-0.15, -0.1) is 0 Å². The molecule has 7 nitrogen and oxygen atoms in total. The number of rotatable bonds is 2. The third-order valence-electron chi connectivity index (χ3n) is 4.80. The third-order valence-corrected chi connectivity index (χ3v) is 4.80. The number of amides is 1. The van der Waals surface area contributed by atoms with Crippen molar-refractivity contribution in [2.45, 2.75) is 32.0 Å². The van der Waals surface area contributed by atoms with Crippen molar-refractivity contribution in [2.75, 3.05) is 13.1 Å². The number of piperidine rings is 1. The lowest BCUT2D eigenvalue weighted by atomic mass is 9.91. The van der Waals surface area contributed by atoms with Gasteiger partial charge in [0.15, 0.2) is 0 Å². The zero-order chi connectivity index (χ0) is 16.5. The number of carbonyl (C=O) groups excluding carboxylic acids is 1. The van der Waals surface area contributed by atoms with Crippen molar-refractivity contribution in [1.29, 1.82) is 0 Å². The molecular formula is C17H19N5O2. The van der Waals surface area contributed by atoms with Gasteiger partial charge in [-0.25, -0.2) is 9.97 Å². The summed E-state index contributed by atoms with van der Waals surface area (Å²) in [6.07, 6.45) is 6.80. The number of carbonyl (C=O) groups is 1. The molecule has 0 radical (unpaired) electrons. The van der Waals surface area contributed by atoms with Crippen molar-refractivity contribution in [3.63, 3.8) is 0 Å². The van der Waals surface area contributed by atoms with Crippen LogP contribution in [0.2, 0.25) is 0 Å². The van der Waals surface area contributed by atoms with Gasteiger partial charge in [-0.1, -0.05) is 0 Å². The zero-order valence-corrected chi connectivity index (χ0v) is 13.5. The molecule has 4 rings (SSSR count). The minimum absolute atomic E-state index is 0.000607. The Hall–Kier alpha value is -2.41. The van der Waals surface area contributed by atoms with Gasteiger partial charge in [-0.05, 0) is 37.8 Å². The maximum Gasteiger partial charge on any atom is 0.255 e. The summed E-state index contributed by atoms with van der Waals surface area (Å²) in [6.45, 7) is 3.25. The van der Waals surface area contributed by atoms with Crippen LogP contribution in [0.25, 0.3) is 0 Å². The first-order valence-corrected chi connectivity index (χ1v) is 8.21. The van der Waals surface area contributed by atoms with Crippen LogP contribution in [-0.4, -0.2) is 50.2 Å². The highest BCUT2D eigenvalue weighted by atomic mass is 16.5. The average Bonchev–Trinajstić information content (AvgIpc) is 3.05. The smallest absolute Gasteiger partial charge is 0.255 e. The summed E-state index contributed by atoms with van der Waals surface area (Å²) in [4.78, 5) is 23.0. The molecule has 0 unspecified atom stereocenters. The molecule has 2 aromatic heterocycles. The Morgan fingerprint density at radius 2 is 2.21 bits per heavy atom. The molecule has 0 bridgehead atoms. The summed E-state index contributed by atoms with van der Waals surface area (Å²) in [5, 5.41) is 7.50. The highest BCUT2D eigenvalue weighted by Gasteiger charge is 2.41. The van der Waals surface area contributed by atoms with E-state index in [9.17, 15) is 4.79 Å². The van der Waals surface area contributed by atoms with E-state index in [1.54, 1.807) is 18.5 Å². The van der Waals surface area contributed by atoms with E-state index in [1.807, 2.05) is 17.9 Å². The molecule has 24 heavy (non-hydrogen) atoms. The molecule has 7 heteroatoms. The molecule has 0 aromatic carbocycles. The van der Waals surface area contributed by atoms with E-state index in [4.69, 9.17) is 4.74 Å². The van der Waals surface area contributed by atoms with Gasteiger partial charge >= 0.3 is 0 Å². The summed E-state index contributed by atoms with van der Waals surface area (Å²) in [5.74, 6) is 1.23. The summed E-state index contributed by atoms with van der Waals surface area (Å²) in [5.41, 5.74) is 1.51. The predicted molar refractivity (Wildman–Crippen MR) is 85.0 cm³/mol. The number of hydrogen-bond donors (Lipinski definition) is 0. The molecule has 2 saturated heterocycles. The number of fused-ring (bicyclic) bond motifs is 1. The largest absolute Gasteiger partial charge is 0.367 e. The van der Waals surface area contributed by atoms with E-state index in [0.29, 0.717) is 18.0 Å². The van der Waals surface area contributed by atoms with Gasteiger partial charge in [-0.3, -0.25) is 4.79 Å². The summed E-state index contributed by atoms with van der Waals surface area (Å²) >= 11 is 0. The first-order chi connectivity index (χ1) is 11.7. The molecule has 4 heterocycles. The molecule has 1 amide bonds. The fourth-order valence-corrected chi connectivity index (χ4v) is 3.56. The van der Waals surface area contributed by atoms with E-state index in [1.165, 1.54) is 6.20 Å². The van der Waals surface area contributed by atoms with Crippen LogP contribution in [0.15, 0.2) is 30.7 Å². The minimum Gasteiger partial charge on any atom is -0.367 e. The van der Waals surface area contributed by atoms with Crippen molar-refractivity contribution in [1.82, 2.24) is 25.1 Å². The Balaban J connectivity index is 1.45. The Bertz CT molecular complexity index is 739. The number of aromatic nitrogens is 4. The second kappa shape index (κ2) is 6.24. The van der Waals surface area contributed by atoms with Crippen molar-refractivity contribution in [3.05, 3.63) is 47.8 Å². The number of nitrogens with zero attached hydrogens (tertiary/aromatic N) is 5. The number of likely N-dealkylation sites (tertiary alicyclic amines) is 1. The van der Waals surface area contributed by atoms with Gasteiger partial charge in [0.05, 0.1) is 29.8 Å². The lowest BCUT2D eigenvalue weighted by Crippen LogP contribution is -2.45. The molecule has 0 aliphatic carbocycles. The SMILES string of the molecule is Cc1nccc([C@H]2C[C@@H]3CCN(C(=O)c4ccnnc4)C[C@H]3O2)n1. The van der Waals surface area contributed by atoms with Crippen molar-refractivity contribution < 1.29 is 9.53 Å². The first-order valence-electron chi connectivity index (χ1n) is 8.21. The van der Waals surface area contributed by atoms with Crippen LogP contribution in [-0.2, 0) is 4.74 Å². The number of hydrogen-bond acceptors (Lipinski definition) is 6. The third kappa shape index (κ3) is 2.87. The van der Waals surface area contributed by atoms with Crippen LogP contribution in [0.3, 0.4) is 0 Å². The standard InChI is InChI=1S/C17H19N5O2/c1-11-18-5-3-14(21-11)15-8-12-4-7-22(10-16(12)24-15)17(23)13-2-6-19-20-9-13/h2-3,5-6,9,12,15-16H,4,7-8,10H2,1H3/t12-,15+,16+/m0/s1. The molecule has 2 fully saturated rings. The molecule has 0 saturated carbocycles. The normalized spacial score (nSPS) is 26.2. The van der Waals surface area contributed by atoms with E-state index in [-0.39, 0.29) is 18.1 Å². The van der Waals surface area contributed by atoms with Crippen LogP contribution in [0.5, 0.6) is 0 Å². The van der Waals surface area contributed by atoms with Crippen LogP contribution >= 0.6 is 0 Å². The quantitative estimate of drug-likeness (QED) is 0.833. The predicted octanol–water partition coefficient (Wildman–Crippen LogP) is 1.57. The molecule has 0 spiro atoms. The molecule has 2 aromatic rings. The van der Waals surface area contributed by atoms with Crippen LogP contribution < -0.4 is 0 Å². The zero-order valence-electron chi connectivity index (χ0n) is 13.5. The number of aryl methyl sites for hydroxylation is 1. The molecule has 2 aliphatic heterocycles. The molecule has 0 N–H and O–H groups in total. The van der Waals surface area contributed by atoms with Crippen molar-refractivity contribution in [3.8, 4) is 0 Å².